The molecule has 4 aromatic rings. The number of aromatic nitrogens is 2. The zero-order valence-electron chi connectivity index (χ0n) is 39.0. The Kier molecular flexibility index (Phi) is 24.8. The lowest BCUT2D eigenvalue weighted by Gasteiger charge is -2.28. The van der Waals surface area contributed by atoms with Crippen LogP contribution in [0.2, 0.25) is 5.02 Å². The monoisotopic (exact) mass is 937 g/mol. The predicted molar refractivity (Wildman–Crippen MR) is 256 cm³/mol. The third-order valence-electron chi connectivity index (χ3n) is 10.1. The molecule has 4 N–H and O–H groups in total. The summed E-state index contributed by atoms with van der Waals surface area (Å²) in [6, 6.07) is 19.0. The molecular weight excluding hydrogens is 873 g/mol. The lowest BCUT2D eigenvalue weighted by molar-refractivity contribution is -0.135. The first-order valence-electron chi connectivity index (χ1n) is 21.6. The molecule has 1 aromatic heterocycles. The van der Waals surface area contributed by atoms with Gasteiger partial charge in [-0.15, -0.1) is 11.6 Å². The van der Waals surface area contributed by atoms with Gasteiger partial charge in [-0.2, -0.15) is 0 Å². The molecule has 14 nitrogen and oxygen atoms in total. The number of unbranched alkanes of at least 4 members (excludes halogenated alkanes) is 2. The number of aliphatic hydroxyl groups is 1. The summed E-state index contributed by atoms with van der Waals surface area (Å²) in [5.74, 6) is 2.01. The highest BCUT2D eigenvalue weighted by atomic mass is 35.5. The number of halogens is 2. The van der Waals surface area contributed by atoms with Crippen LogP contribution in [0.1, 0.15) is 117 Å². The Bertz CT molecular complexity index is 2150. The van der Waals surface area contributed by atoms with E-state index >= 15 is 0 Å². The second-order valence-electron chi connectivity index (χ2n) is 15.7. The van der Waals surface area contributed by atoms with Gasteiger partial charge in [0.25, 0.3) is 5.91 Å². The van der Waals surface area contributed by atoms with Crippen LogP contribution in [0.5, 0.6) is 17.2 Å². The van der Waals surface area contributed by atoms with Gasteiger partial charge in [0.15, 0.2) is 11.5 Å². The summed E-state index contributed by atoms with van der Waals surface area (Å²) >= 11 is 12.7. The van der Waals surface area contributed by atoms with E-state index in [9.17, 15) is 19.2 Å². The second kappa shape index (κ2) is 29.1. The van der Waals surface area contributed by atoms with E-state index in [1.165, 1.54) is 6.92 Å². The Labute approximate surface area is 393 Å². The van der Waals surface area contributed by atoms with E-state index in [1.54, 1.807) is 13.2 Å². The van der Waals surface area contributed by atoms with Crippen LogP contribution in [-0.2, 0) is 26.4 Å². The van der Waals surface area contributed by atoms with Gasteiger partial charge in [-0.1, -0.05) is 64.4 Å². The number of aryl methyl sites for hydroxylation is 1. The van der Waals surface area contributed by atoms with Crippen LogP contribution >= 0.6 is 23.2 Å². The van der Waals surface area contributed by atoms with Crippen LogP contribution in [0, 0.1) is 18.8 Å². The first-order chi connectivity index (χ1) is 31.0. The van der Waals surface area contributed by atoms with Gasteiger partial charge in [0.05, 0.1) is 28.8 Å². The van der Waals surface area contributed by atoms with Crippen molar-refractivity contribution in [3.63, 3.8) is 0 Å². The number of amides is 3. The highest BCUT2D eigenvalue weighted by Gasteiger charge is 2.28. The maximum atomic E-state index is 13.5. The minimum atomic E-state index is -0.503. The lowest BCUT2D eigenvalue weighted by Crippen LogP contribution is -2.39. The minimum absolute atomic E-state index is 0.0164. The molecule has 0 saturated carbocycles. The van der Waals surface area contributed by atoms with Crippen molar-refractivity contribution in [1.82, 2.24) is 20.6 Å². The molecule has 16 heteroatoms. The number of nitrogens with one attached hydrogen (secondary N) is 3. The van der Waals surface area contributed by atoms with Crippen molar-refractivity contribution >= 4 is 58.9 Å². The van der Waals surface area contributed by atoms with Crippen molar-refractivity contribution in [1.29, 1.82) is 0 Å². The summed E-state index contributed by atoms with van der Waals surface area (Å²) in [5.41, 5.74) is 4.14. The average molecular weight is 939 g/mol. The smallest absolute Gasteiger partial charge is 0.255 e. The molecule has 1 aliphatic heterocycles. The number of aldehydes is 1. The number of nitrogens with zero attached hydrogens (tertiary/aromatic N) is 2. The van der Waals surface area contributed by atoms with Gasteiger partial charge in [-0.3, -0.25) is 24.5 Å². The van der Waals surface area contributed by atoms with E-state index in [1.807, 2.05) is 88.4 Å². The summed E-state index contributed by atoms with van der Waals surface area (Å²) in [5, 5.41) is 15.5. The van der Waals surface area contributed by atoms with Gasteiger partial charge in [-0.05, 0) is 98.7 Å². The number of Topliss-reactive ketones (excluding diaryl/α,β-unsaturated/α-hetero) is 1. The first kappa shape index (κ1) is 55.6. The van der Waals surface area contributed by atoms with E-state index in [-0.39, 0.29) is 47.8 Å². The summed E-state index contributed by atoms with van der Waals surface area (Å²) in [7, 11) is 2.77. The van der Waals surface area contributed by atoms with Gasteiger partial charge >= 0.3 is 0 Å². The minimum Gasteiger partial charge on any atom is -0.494 e. The van der Waals surface area contributed by atoms with Crippen LogP contribution < -0.4 is 30.2 Å². The fourth-order valence-electron chi connectivity index (χ4n) is 6.26. The van der Waals surface area contributed by atoms with E-state index in [0.717, 1.165) is 55.0 Å². The second-order valence-corrected chi connectivity index (χ2v) is 16.5. The molecule has 0 bridgehead atoms. The number of carbonyl (C=O) groups excluding carboxylic acids is 5. The number of imide groups is 1. The first-order valence-corrected chi connectivity index (χ1v) is 22.5. The standard InChI is InChI=1S/C40H48Cl2N4O5.C6H9NO2.C2H4O.CH4O/c1-26(2)36(47)33-24-32(13-10-27(33)3)49-20-9-7-8-18-44-38(48)34-22-29(23-35(42)37(34)50-21-17-41)40(4,5)28-11-14-31(15-12-28)51-25-30-16-19-45-39(43-6)46-30;1-4-2-3-5(8)7-6(4)9;1-2-3;1-2/h10-16,19,22-24,26H,7-9,17-18,20-21,25H2,1-6H3,(H,44,48)(H,43,45,46);4H,2-3H2,1H3,(H,7,8,9);2H,1H3;2H,1H3. The van der Waals surface area contributed by atoms with Crippen LogP contribution in [-0.4, -0.2) is 84.7 Å². The zero-order valence-corrected chi connectivity index (χ0v) is 40.5. The van der Waals surface area contributed by atoms with Crippen molar-refractivity contribution in [3.8, 4) is 17.2 Å². The third kappa shape index (κ3) is 18.1. The summed E-state index contributed by atoms with van der Waals surface area (Å²) in [4.78, 5) is 64.5. The third-order valence-corrected chi connectivity index (χ3v) is 10.6. The van der Waals surface area contributed by atoms with Crippen molar-refractivity contribution in [3.05, 3.63) is 105 Å². The SMILES string of the molecule is CC1CCC(=O)NC1=O.CC=O.CNc1nccc(COc2ccc(C(C)(C)c3cc(Cl)c(OCCCl)c(C(=O)NCCCCCOc4ccc(C)c(C(=O)C(C)C)c4)c3)cc2)n1.CO. The molecule has 1 fully saturated rings. The molecule has 1 aliphatic rings. The molecule has 65 heavy (non-hydrogen) atoms. The van der Waals surface area contributed by atoms with Crippen molar-refractivity contribution in [2.75, 3.05) is 45.1 Å². The van der Waals surface area contributed by atoms with Crippen LogP contribution in [0.4, 0.5) is 5.95 Å². The number of carbonyl (C=O) groups is 5. The number of rotatable bonds is 19. The van der Waals surface area contributed by atoms with Gasteiger partial charge < -0.3 is 34.7 Å². The molecule has 0 spiro atoms. The Balaban J connectivity index is 0.000000895. The van der Waals surface area contributed by atoms with Crippen molar-refractivity contribution < 1.29 is 43.3 Å². The number of aliphatic hydroxyl groups excluding tert-OH is 1. The van der Waals surface area contributed by atoms with Gasteiger partial charge in [0.2, 0.25) is 17.8 Å². The van der Waals surface area contributed by atoms with Crippen LogP contribution in [0.15, 0.2) is 66.9 Å². The van der Waals surface area contributed by atoms with Crippen molar-refractivity contribution in [2.45, 2.75) is 92.6 Å². The summed E-state index contributed by atoms with van der Waals surface area (Å²) in [6.45, 7) is 14.7. The van der Waals surface area contributed by atoms with E-state index in [2.05, 4.69) is 39.8 Å². The number of piperidine rings is 1. The Morgan fingerprint density at radius 1 is 0.938 bits per heavy atom. The van der Waals surface area contributed by atoms with E-state index < -0.39 is 5.41 Å². The Hall–Kier alpha value is -5.57. The Morgan fingerprint density at radius 3 is 2.23 bits per heavy atom. The lowest BCUT2D eigenvalue weighted by atomic mass is 9.77. The number of alkyl halides is 1. The highest BCUT2D eigenvalue weighted by molar-refractivity contribution is 6.32. The number of benzene rings is 3. The Morgan fingerprint density at radius 2 is 1.62 bits per heavy atom. The molecule has 0 aliphatic carbocycles. The highest BCUT2D eigenvalue weighted by Crippen LogP contribution is 2.39. The topological polar surface area (TPSA) is 195 Å². The van der Waals surface area contributed by atoms with Gasteiger partial charge in [-0.25, -0.2) is 9.97 Å². The average Bonchev–Trinajstić information content (AvgIpc) is 3.30. The molecule has 354 valence electrons. The van der Waals surface area contributed by atoms with Gasteiger partial charge in [0, 0.05) is 56.1 Å². The van der Waals surface area contributed by atoms with Crippen LogP contribution in [0.25, 0.3) is 0 Å². The summed E-state index contributed by atoms with van der Waals surface area (Å²) < 4.78 is 17.7. The largest absolute Gasteiger partial charge is 0.494 e. The number of hydrogen-bond acceptors (Lipinski definition) is 12. The molecule has 2 heterocycles. The van der Waals surface area contributed by atoms with E-state index in [0.29, 0.717) is 71.9 Å². The van der Waals surface area contributed by atoms with E-state index in [4.69, 9.17) is 47.3 Å². The quantitative estimate of drug-likeness (QED) is 0.0230. The van der Waals surface area contributed by atoms with Crippen molar-refractivity contribution in [2.24, 2.45) is 11.8 Å². The molecule has 5 rings (SSSR count). The fourth-order valence-corrected chi connectivity index (χ4v) is 6.61. The normalized spacial score (nSPS) is 13.0. The number of anilines is 1. The van der Waals surface area contributed by atoms with Crippen LogP contribution in [0.3, 0.4) is 0 Å². The molecule has 1 atom stereocenters. The number of ether oxygens (including phenoxy) is 3. The maximum absolute atomic E-state index is 13.5. The maximum Gasteiger partial charge on any atom is 0.255 e. The number of hydrogen-bond donors (Lipinski definition) is 4. The summed E-state index contributed by atoms with van der Waals surface area (Å²) in [6.07, 6.45) is 6.05. The zero-order chi connectivity index (χ0) is 48.5. The predicted octanol–water partition coefficient (Wildman–Crippen LogP) is 8.69. The molecule has 0 radical (unpaired) electrons. The fraction of sp³-hybridized carbons (Fsp3) is 0.449. The molecule has 1 saturated heterocycles. The molecular formula is C49H65Cl2N5O9. The molecule has 3 amide bonds. The van der Waals surface area contributed by atoms with Gasteiger partial charge in [0.1, 0.15) is 31.0 Å². The molecule has 3 aromatic carbocycles. The molecule has 1 unspecified atom stereocenters. The number of ketones is 1.